The van der Waals surface area contributed by atoms with Crippen LogP contribution in [0.2, 0.25) is 0 Å². The summed E-state index contributed by atoms with van der Waals surface area (Å²) in [5, 5.41) is 0. The zero-order chi connectivity index (χ0) is 11.3. The van der Waals surface area contributed by atoms with Gasteiger partial charge in [-0.1, -0.05) is 18.2 Å². The Bertz CT molecular complexity index is 385. The van der Waals surface area contributed by atoms with E-state index in [1.54, 1.807) is 12.1 Å². The smallest absolute Gasteiger partial charge is 0.153 e. The first-order valence-corrected chi connectivity index (χ1v) is 5.35. The van der Waals surface area contributed by atoms with E-state index in [2.05, 4.69) is 12.6 Å². The number of hydrogen-bond donors (Lipinski definition) is 1. The number of rotatable bonds is 4. The van der Waals surface area contributed by atoms with E-state index in [0.29, 0.717) is 11.8 Å². The molecule has 1 nitrogen and oxygen atoms in total. The van der Waals surface area contributed by atoms with Gasteiger partial charge in [0.2, 0.25) is 0 Å². The molecule has 0 amide bonds. The second-order valence-corrected chi connectivity index (χ2v) is 3.67. The molecule has 1 aromatic carbocycles. The van der Waals surface area contributed by atoms with Crippen LogP contribution in [-0.4, -0.2) is 12.0 Å². The maximum absolute atomic E-state index is 13.3. The van der Waals surface area contributed by atoms with Gasteiger partial charge in [0.15, 0.2) is 6.29 Å². The van der Waals surface area contributed by atoms with Gasteiger partial charge in [-0.25, -0.2) is 4.39 Å². The van der Waals surface area contributed by atoms with Crippen molar-refractivity contribution in [3.05, 3.63) is 40.7 Å². The van der Waals surface area contributed by atoms with Gasteiger partial charge in [0.25, 0.3) is 0 Å². The molecular weight excluding hydrogens is 211 g/mol. The van der Waals surface area contributed by atoms with E-state index in [4.69, 9.17) is 0 Å². The van der Waals surface area contributed by atoms with E-state index in [9.17, 15) is 9.18 Å². The van der Waals surface area contributed by atoms with Crippen LogP contribution >= 0.6 is 12.6 Å². The molecule has 0 unspecified atom stereocenters. The van der Waals surface area contributed by atoms with Gasteiger partial charge in [0.05, 0.1) is 5.56 Å². The summed E-state index contributed by atoms with van der Waals surface area (Å²) in [6.45, 7) is 1.85. The summed E-state index contributed by atoms with van der Waals surface area (Å²) in [5.41, 5.74) is 1.69. The van der Waals surface area contributed by atoms with Crippen molar-refractivity contribution < 1.29 is 9.18 Å². The van der Waals surface area contributed by atoms with Crippen molar-refractivity contribution in [1.82, 2.24) is 0 Å². The van der Waals surface area contributed by atoms with E-state index in [1.165, 1.54) is 6.07 Å². The number of hydrogen-bond acceptors (Lipinski definition) is 2. The Hall–Kier alpha value is -1.09. The molecule has 15 heavy (non-hydrogen) atoms. The van der Waals surface area contributed by atoms with E-state index >= 15 is 0 Å². The van der Waals surface area contributed by atoms with Gasteiger partial charge in [-0.15, -0.1) is 0 Å². The van der Waals surface area contributed by atoms with Gasteiger partial charge in [0.1, 0.15) is 5.82 Å². The highest BCUT2D eigenvalue weighted by atomic mass is 32.1. The minimum atomic E-state index is -0.471. The highest BCUT2D eigenvalue weighted by Crippen LogP contribution is 2.18. The molecule has 3 heteroatoms. The predicted octanol–water partition coefficient (Wildman–Crippen LogP) is 3.28. The minimum Gasteiger partial charge on any atom is -0.298 e. The molecule has 1 aromatic rings. The van der Waals surface area contributed by atoms with Crippen LogP contribution in [0.25, 0.3) is 6.08 Å². The second-order valence-electron chi connectivity index (χ2n) is 3.22. The van der Waals surface area contributed by atoms with Crippen LogP contribution in [0.4, 0.5) is 4.39 Å². The van der Waals surface area contributed by atoms with Crippen LogP contribution in [-0.2, 0) is 0 Å². The molecule has 0 aromatic heterocycles. The van der Waals surface area contributed by atoms with Gasteiger partial charge in [0, 0.05) is 0 Å². The highest BCUT2D eigenvalue weighted by Gasteiger charge is 2.07. The number of thiol groups is 1. The first-order valence-electron chi connectivity index (χ1n) is 4.72. The van der Waals surface area contributed by atoms with Gasteiger partial charge in [-0.2, -0.15) is 12.6 Å². The van der Waals surface area contributed by atoms with E-state index in [-0.39, 0.29) is 5.56 Å². The largest absolute Gasteiger partial charge is 0.298 e. The first-order chi connectivity index (χ1) is 7.20. The normalized spacial score (nSPS) is 10.9. The van der Waals surface area contributed by atoms with Crippen LogP contribution in [0, 0.1) is 12.7 Å². The number of benzene rings is 1. The Labute approximate surface area is 94.4 Å². The average molecular weight is 224 g/mol. The van der Waals surface area contributed by atoms with Crippen molar-refractivity contribution in [3.63, 3.8) is 0 Å². The van der Waals surface area contributed by atoms with Crippen molar-refractivity contribution >= 4 is 25.0 Å². The molecule has 0 atom stereocenters. The second kappa shape index (κ2) is 5.71. The van der Waals surface area contributed by atoms with E-state index < -0.39 is 5.82 Å². The molecule has 1 rings (SSSR count). The summed E-state index contributed by atoms with van der Waals surface area (Å²) in [4.78, 5) is 10.7. The summed E-state index contributed by atoms with van der Waals surface area (Å²) in [5.74, 6) is 0.266. The van der Waals surface area contributed by atoms with Crippen LogP contribution < -0.4 is 0 Å². The Kier molecular flexibility index (Phi) is 4.56. The topological polar surface area (TPSA) is 17.1 Å². The van der Waals surface area contributed by atoms with Gasteiger partial charge < -0.3 is 0 Å². The van der Waals surface area contributed by atoms with Gasteiger partial charge in [-0.05, 0) is 36.3 Å². The SMILES string of the molecule is Cc1ccc(F)c(C=O)c1C=CCCS. The third-order valence-corrected chi connectivity index (χ3v) is 2.41. The van der Waals surface area contributed by atoms with Crippen LogP contribution in [0.3, 0.4) is 0 Å². The third-order valence-electron chi connectivity index (χ3n) is 2.15. The fourth-order valence-corrected chi connectivity index (χ4v) is 1.48. The number of halogens is 1. The molecule has 0 saturated carbocycles. The summed E-state index contributed by atoms with van der Waals surface area (Å²) in [6, 6.07) is 2.98. The number of allylic oxidation sites excluding steroid dienone is 1. The molecule has 0 spiro atoms. The summed E-state index contributed by atoms with van der Waals surface area (Å²) in [7, 11) is 0. The predicted molar refractivity (Wildman–Crippen MR) is 64.0 cm³/mol. The Balaban J connectivity index is 3.13. The molecule has 0 aliphatic carbocycles. The molecule has 0 N–H and O–H groups in total. The van der Waals surface area contributed by atoms with Crippen molar-refractivity contribution in [1.29, 1.82) is 0 Å². The van der Waals surface area contributed by atoms with Crippen molar-refractivity contribution in [2.24, 2.45) is 0 Å². The summed E-state index contributed by atoms with van der Waals surface area (Å²) in [6.07, 6.45) is 5.03. The number of carbonyl (C=O) groups is 1. The minimum absolute atomic E-state index is 0.130. The maximum atomic E-state index is 13.3. The molecule has 0 saturated heterocycles. The van der Waals surface area contributed by atoms with Crippen molar-refractivity contribution in [2.45, 2.75) is 13.3 Å². The molecule has 0 aliphatic rings. The molecule has 0 radical (unpaired) electrons. The Morgan fingerprint density at radius 3 is 2.73 bits per heavy atom. The molecule has 0 fully saturated rings. The van der Waals surface area contributed by atoms with Gasteiger partial charge in [-0.3, -0.25) is 4.79 Å². The van der Waals surface area contributed by atoms with E-state index in [1.807, 2.05) is 13.0 Å². The zero-order valence-electron chi connectivity index (χ0n) is 8.53. The van der Waals surface area contributed by atoms with Crippen molar-refractivity contribution in [2.75, 3.05) is 5.75 Å². The number of carbonyl (C=O) groups excluding carboxylic acids is 1. The van der Waals surface area contributed by atoms with E-state index in [0.717, 1.165) is 17.7 Å². The average Bonchev–Trinajstić information content (AvgIpc) is 2.23. The van der Waals surface area contributed by atoms with Gasteiger partial charge >= 0.3 is 0 Å². The fourth-order valence-electron chi connectivity index (χ4n) is 1.34. The molecule has 0 heterocycles. The standard InChI is InChI=1S/C12H13FOS/c1-9-5-6-12(13)11(8-14)10(9)4-2-3-7-15/h2,4-6,8,15H,3,7H2,1H3. The lowest BCUT2D eigenvalue weighted by Crippen LogP contribution is -1.95. The molecule has 80 valence electrons. The third kappa shape index (κ3) is 2.93. The zero-order valence-corrected chi connectivity index (χ0v) is 9.43. The summed E-state index contributed by atoms with van der Waals surface area (Å²) >= 11 is 4.07. The fraction of sp³-hybridized carbons (Fsp3) is 0.250. The monoisotopic (exact) mass is 224 g/mol. The summed E-state index contributed by atoms with van der Waals surface area (Å²) < 4.78 is 13.3. The first kappa shape index (κ1) is 12.0. The molecule has 0 aliphatic heterocycles. The van der Waals surface area contributed by atoms with Crippen LogP contribution in [0.1, 0.15) is 27.9 Å². The van der Waals surface area contributed by atoms with Crippen molar-refractivity contribution in [3.8, 4) is 0 Å². The Morgan fingerprint density at radius 1 is 1.40 bits per heavy atom. The highest BCUT2D eigenvalue weighted by molar-refractivity contribution is 7.80. The van der Waals surface area contributed by atoms with Crippen LogP contribution in [0.5, 0.6) is 0 Å². The molecule has 0 bridgehead atoms. The Morgan fingerprint density at radius 2 is 2.13 bits per heavy atom. The van der Waals surface area contributed by atoms with Crippen LogP contribution in [0.15, 0.2) is 18.2 Å². The lowest BCUT2D eigenvalue weighted by atomic mass is 10.0. The lowest BCUT2D eigenvalue weighted by Gasteiger charge is -2.04. The molecular formula is C12H13FOS. The lowest BCUT2D eigenvalue weighted by molar-refractivity contribution is 0.111. The maximum Gasteiger partial charge on any atom is 0.153 e. The quantitative estimate of drug-likeness (QED) is 0.613. The number of aldehydes is 1. The number of aryl methyl sites for hydroxylation is 1.